The van der Waals surface area contributed by atoms with Gasteiger partial charge in [-0.05, 0) is 80.0 Å². The van der Waals surface area contributed by atoms with Gasteiger partial charge in [0.05, 0.1) is 7.11 Å². The second kappa shape index (κ2) is 11.4. The molecule has 204 valence electrons. The molecule has 4 rings (SSSR count). The van der Waals surface area contributed by atoms with Gasteiger partial charge in [-0.15, -0.1) is 11.3 Å². The molecule has 0 aliphatic heterocycles. The number of carbonyl (C=O) groups is 1. The molecule has 3 unspecified atom stereocenters. The van der Waals surface area contributed by atoms with Crippen molar-refractivity contribution >= 4 is 27.4 Å². The molecule has 0 bridgehead atoms. The number of rotatable bonds is 10. The quantitative estimate of drug-likeness (QED) is 0.145. The average molecular weight is 547 g/mol. The molecule has 0 amide bonds. The standard InChI is InChI=1S/C30H33F3O4S/c1-5-7-8-9-19-10-13-22(23(16-19)35-4)25-17-20-11-12-21(18-24(20)38-25)36-26-14-15-27(37-28(34)6-2)29(26,3)30(31,32)33/h6,10-13,16-18,26-27H,2,5,7-9,14-15H2,1,3-4H3. The third-order valence-corrected chi connectivity index (χ3v) is 8.57. The number of hydrogen-bond donors (Lipinski definition) is 0. The van der Waals surface area contributed by atoms with Gasteiger partial charge < -0.3 is 14.2 Å². The molecule has 2 aromatic carbocycles. The van der Waals surface area contributed by atoms with Crippen LogP contribution in [0.4, 0.5) is 13.2 Å². The molecular formula is C30H33F3O4S. The maximum Gasteiger partial charge on any atom is 0.401 e. The van der Waals surface area contributed by atoms with Gasteiger partial charge in [-0.3, -0.25) is 0 Å². The third kappa shape index (κ3) is 5.55. The molecule has 1 aromatic heterocycles. The Balaban J connectivity index is 1.58. The number of aryl methyl sites for hydroxylation is 1. The van der Waals surface area contributed by atoms with Crippen molar-refractivity contribution in [2.45, 2.75) is 70.8 Å². The fourth-order valence-electron chi connectivity index (χ4n) is 5.08. The number of fused-ring (bicyclic) bond motifs is 1. The van der Waals surface area contributed by atoms with Gasteiger partial charge in [-0.1, -0.05) is 32.4 Å². The van der Waals surface area contributed by atoms with E-state index < -0.39 is 29.8 Å². The molecule has 3 aromatic rings. The smallest absolute Gasteiger partial charge is 0.401 e. The van der Waals surface area contributed by atoms with E-state index in [9.17, 15) is 18.0 Å². The molecule has 0 saturated heterocycles. The van der Waals surface area contributed by atoms with Crippen LogP contribution in [0, 0.1) is 5.41 Å². The molecule has 1 aliphatic carbocycles. The van der Waals surface area contributed by atoms with Crippen molar-refractivity contribution in [2.75, 3.05) is 7.11 Å². The lowest BCUT2D eigenvalue weighted by Gasteiger charge is -2.37. The zero-order valence-corrected chi connectivity index (χ0v) is 22.7. The molecule has 0 spiro atoms. The van der Waals surface area contributed by atoms with Crippen LogP contribution in [-0.2, 0) is 16.0 Å². The van der Waals surface area contributed by atoms with Gasteiger partial charge in [0.2, 0.25) is 0 Å². The van der Waals surface area contributed by atoms with Crippen LogP contribution in [0.2, 0.25) is 0 Å². The van der Waals surface area contributed by atoms with Crippen LogP contribution in [-0.4, -0.2) is 31.5 Å². The summed E-state index contributed by atoms with van der Waals surface area (Å²) in [6.07, 6.45) is -1.62. The van der Waals surface area contributed by atoms with E-state index in [-0.39, 0.29) is 12.8 Å². The minimum absolute atomic E-state index is 0.0554. The number of halogens is 3. The second-order valence-electron chi connectivity index (χ2n) is 9.90. The van der Waals surface area contributed by atoms with Crippen molar-refractivity contribution in [3.05, 3.63) is 60.7 Å². The van der Waals surface area contributed by atoms with Gasteiger partial charge >= 0.3 is 12.1 Å². The molecule has 1 saturated carbocycles. The highest BCUT2D eigenvalue weighted by atomic mass is 32.1. The highest BCUT2D eigenvalue weighted by Crippen LogP contribution is 2.53. The Hall–Kier alpha value is -3.00. The zero-order chi connectivity index (χ0) is 27.5. The molecule has 38 heavy (non-hydrogen) atoms. The summed E-state index contributed by atoms with van der Waals surface area (Å²) >= 11 is 1.53. The third-order valence-electron chi connectivity index (χ3n) is 7.43. The van der Waals surface area contributed by atoms with Crippen LogP contribution in [0.25, 0.3) is 20.5 Å². The van der Waals surface area contributed by atoms with Crippen LogP contribution >= 0.6 is 11.3 Å². The average Bonchev–Trinajstić information content (AvgIpc) is 3.45. The number of carbonyl (C=O) groups excluding carboxylic acids is 1. The van der Waals surface area contributed by atoms with Crippen LogP contribution in [0.1, 0.15) is 51.5 Å². The number of alkyl halides is 3. The first kappa shape index (κ1) is 28.0. The fraction of sp³-hybridized carbons (Fsp3) is 0.433. The lowest BCUT2D eigenvalue weighted by atomic mass is 9.83. The van der Waals surface area contributed by atoms with Crippen molar-refractivity contribution in [3.8, 4) is 21.9 Å². The Bertz CT molecular complexity index is 1300. The number of unbranched alkanes of at least 4 members (excludes halogenated alkanes) is 2. The van der Waals surface area contributed by atoms with E-state index in [0.717, 1.165) is 52.1 Å². The monoisotopic (exact) mass is 546 g/mol. The van der Waals surface area contributed by atoms with Gasteiger partial charge in [0.25, 0.3) is 0 Å². The van der Waals surface area contributed by atoms with Crippen LogP contribution in [0.15, 0.2) is 55.1 Å². The Labute approximate surface area is 225 Å². The van der Waals surface area contributed by atoms with E-state index in [4.69, 9.17) is 14.2 Å². The summed E-state index contributed by atoms with van der Waals surface area (Å²) < 4.78 is 60.3. The maximum absolute atomic E-state index is 14.2. The highest BCUT2D eigenvalue weighted by Gasteiger charge is 2.66. The molecule has 8 heteroatoms. The topological polar surface area (TPSA) is 44.8 Å². The van der Waals surface area contributed by atoms with Crippen molar-refractivity contribution in [1.29, 1.82) is 0 Å². The molecule has 1 fully saturated rings. The van der Waals surface area contributed by atoms with E-state index in [1.165, 1.54) is 29.7 Å². The number of hydrogen-bond acceptors (Lipinski definition) is 5. The van der Waals surface area contributed by atoms with Gasteiger partial charge in [0.15, 0.2) is 0 Å². The first-order valence-corrected chi connectivity index (χ1v) is 13.7. The van der Waals surface area contributed by atoms with E-state index in [1.807, 2.05) is 6.07 Å². The Morgan fingerprint density at radius 1 is 1.13 bits per heavy atom. The van der Waals surface area contributed by atoms with E-state index in [1.54, 1.807) is 19.2 Å². The largest absolute Gasteiger partial charge is 0.496 e. The van der Waals surface area contributed by atoms with Gasteiger partial charge in [0.1, 0.15) is 29.1 Å². The maximum atomic E-state index is 14.2. The van der Waals surface area contributed by atoms with Crippen LogP contribution in [0.5, 0.6) is 11.5 Å². The van der Waals surface area contributed by atoms with Gasteiger partial charge in [0, 0.05) is 21.2 Å². The lowest BCUT2D eigenvalue weighted by Crippen LogP contribution is -2.51. The van der Waals surface area contributed by atoms with Crippen LogP contribution < -0.4 is 9.47 Å². The van der Waals surface area contributed by atoms with Crippen molar-refractivity contribution in [3.63, 3.8) is 0 Å². The number of benzene rings is 2. The fourth-order valence-corrected chi connectivity index (χ4v) is 6.20. The van der Waals surface area contributed by atoms with Gasteiger partial charge in [-0.2, -0.15) is 13.2 Å². The number of ether oxygens (including phenoxy) is 3. The Morgan fingerprint density at radius 3 is 2.58 bits per heavy atom. The zero-order valence-electron chi connectivity index (χ0n) is 21.9. The summed E-state index contributed by atoms with van der Waals surface area (Å²) in [6, 6.07) is 13.6. The molecule has 0 N–H and O–H groups in total. The molecule has 3 atom stereocenters. The Kier molecular flexibility index (Phi) is 8.40. The number of esters is 1. The second-order valence-corrected chi connectivity index (χ2v) is 11.0. The summed E-state index contributed by atoms with van der Waals surface area (Å²) in [4.78, 5) is 12.7. The molecule has 1 aliphatic rings. The van der Waals surface area contributed by atoms with E-state index in [0.29, 0.717) is 5.75 Å². The van der Waals surface area contributed by atoms with E-state index >= 15 is 0 Å². The van der Waals surface area contributed by atoms with Gasteiger partial charge in [-0.25, -0.2) is 4.79 Å². The summed E-state index contributed by atoms with van der Waals surface area (Å²) in [6.45, 7) is 6.53. The number of thiophene rings is 1. The minimum atomic E-state index is -4.63. The predicted octanol–water partition coefficient (Wildman–Crippen LogP) is 8.52. The van der Waals surface area contributed by atoms with Crippen molar-refractivity contribution in [2.24, 2.45) is 5.41 Å². The van der Waals surface area contributed by atoms with Crippen molar-refractivity contribution in [1.82, 2.24) is 0 Å². The molecule has 1 heterocycles. The lowest BCUT2D eigenvalue weighted by molar-refractivity contribution is -0.262. The first-order chi connectivity index (χ1) is 18.1. The summed E-state index contributed by atoms with van der Waals surface area (Å²) in [7, 11) is 1.66. The number of methoxy groups -OCH3 is 1. The van der Waals surface area contributed by atoms with Crippen LogP contribution in [0.3, 0.4) is 0 Å². The SMILES string of the molecule is C=CC(=O)OC1CCC(Oc2ccc3cc(-c4ccc(CCCCC)cc4OC)sc3c2)C1(C)C(F)(F)F. The summed E-state index contributed by atoms with van der Waals surface area (Å²) in [5.41, 5.74) is -0.132. The molecule has 4 nitrogen and oxygen atoms in total. The Morgan fingerprint density at radius 2 is 1.89 bits per heavy atom. The van der Waals surface area contributed by atoms with E-state index in [2.05, 4.69) is 37.8 Å². The summed E-state index contributed by atoms with van der Waals surface area (Å²) in [5, 5.41) is 0.967. The molecule has 0 radical (unpaired) electrons. The highest BCUT2D eigenvalue weighted by molar-refractivity contribution is 7.22. The van der Waals surface area contributed by atoms with Crippen molar-refractivity contribution < 1.29 is 32.2 Å². The molecular weight excluding hydrogens is 513 g/mol. The minimum Gasteiger partial charge on any atom is -0.496 e. The normalized spacial score (nSPS) is 21.4. The summed E-state index contributed by atoms with van der Waals surface area (Å²) in [5.74, 6) is 0.275. The first-order valence-electron chi connectivity index (χ1n) is 12.9. The predicted molar refractivity (Wildman–Crippen MR) is 145 cm³/mol.